The summed E-state index contributed by atoms with van der Waals surface area (Å²) in [6.45, 7) is 4.53. The van der Waals surface area contributed by atoms with Crippen LogP contribution in [0.2, 0.25) is 0 Å². The Kier molecular flexibility index (Phi) is 3.87. The van der Waals surface area contributed by atoms with Crippen molar-refractivity contribution in [3.8, 4) is 0 Å². The summed E-state index contributed by atoms with van der Waals surface area (Å²) < 4.78 is 29.5. The molecule has 0 unspecified atom stereocenters. The topological polar surface area (TPSA) is 43.4 Å². The van der Waals surface area contributed by atoms with E-state index < -0.39 is 10.1 Å². The Morgan fingerprint density at radius 1 is 1.10 bits per heavy atom. The molecular formula is C17H24O3S. The van der Waals surface area contributed by atoms with Gasteiger partial charge in [0.05, 0.1) is 11.5 Å². The first-order valence-electron chi connectivity index (χ1n) is 7.88. The largest absolute Gasteiger partial charge is 0.296 e. The fourth-order valence-corrected chi connectivity index (χ4v) is 5.01. The molecule has 1 aromatic carbocycles. The summed E-state index contributed by atoms with van der Waals surface area (Å²) >= 11 is 0. The van der Waals surface area contributed by atoms with Crippen LogP contribution in [0.25, 0.3) is 0 Å². The van der Waals surface area contributed by atoms with Crippen LogP contribution < -0.4 is 0 Å². The second kappa shape index (κ2) is 5.40. The van der Waals surface area contributed by atoms with Crippen LogP contribution in [0.1, 0.15) is 44.6 Å². The van der Waals surface area contributed by atoms with Gasteiger partial charge in [-0.15, -0.1) is 0 Å². The lowest BCUT2D eigenvalue weighted by atomic mass is 9.48. The molecule has 21 heavy (non-hydrogen) atoms. The highest BCUT2D eigenvalue weighted by molar-refractivity contribution is 7.86. The van der Waals surface area contributed by atoms with Crippen LogP contribution in [0.3, 0.4) is 0 Å². The molecule has 0 bridgehead atoms. The molecule has 3 nitrogen and oxygen atoms in total. The molecular weight excluding hydrogens is 284 g/mol. The first-order chi connectivity index (χ1) is 9.92. The summed E-state index contributed by atoms with van der Waals surface area (Å²) in [6, 6.07) is 6.83. The summed E-state index contributed by atoms with van der Waals surface area (Å²) in [5, 5.41) is 0. The quantitative estimate of drug-likeness (QED) is 0.774. The van der Waals surface area contributed by atoms with Gasteiger partial charge in [0.15, 0.2) is 0 Å². The predicted octanol–water partition coefficient (Wildman–Crippen LogP) is 3.92. The van der Waals surface area contributed by atoms with Crippen LogP contribution in [0.4, 0.5) is 0 Å². The molecule has 1 spiro atoms. The lowest BCUT2D eigenvalue weighted by Crippen LogP contribution is -2.48. The SMILES string of the molecule is CCC1CC2(C1)CC(COS(=O)(=O)c1ccc(C)cc1)C2. The van der Waals surface area contributed by atoms with E-state index in [9.17, 15) is 8.42 Å². The van der Waals surface area contributed by atoms with Gasteiger partial charge in [0.1, 0.15) is 0 Å². The van der Waals surface area contributed by atoms with E-state index in [-0.39, 0.29) is 4.90 Å². The van der Waals surface area contributed by atoms with Gasteiger partial charge in [-0.05, 0) is 62.0 Å². The zero-order valence-corrected chi connectivity index (χ0v) is 13.7. The van der Waals surface area contributed by atoms with Gasteiger partial charge in [0.2, 0.25) is 0 Å². The molecule has 2 fully saturated rings. The summed E-state index contributed by atoms with van der Waals surface area (Å²) in [5.74, 6) is 1.33. The van der Waals surface area contributed by atoms with Crippen LogP contribution in [0.5, 0.6) is 0 Å². The van der Waals surface area contributed by atoms with E-state index in [1.807, 2.05) is 6.92 Å². The van der Waals surface area contributed by atoms with Gasteiger partial charge in [-0.25, -0.2) is 0 Å². The highest BCUT2D eigenvalue weighted by atomic mass is 32.2. The van der Waals surface area contributed by atoms with Gasteiger partial charge >= 0.3 is 0 Å². The lowest BCUT2D eigenvalue weighted by Gasteiger charge is -2.58. The summed E-state index contributed by atoms with van der Waals surface area (Å²) in [5.41, 5.74) is 1.59. The zero-order valence-electron chi connectivity index (χ0n) is 12.8. The van der Waals surface area contributed by atoms with Gasteiger partial charge in [0, 0.05) is 0 Å². The minimum Gasteiger partial charge on any atom is -0.266 e. The summed E-state index contributed by atoms with van der Waals surface area (Å²) in [6.07, 6.45) is 6.25. The van der Waals surface area contributed by atoms with E-state index in [1.54, 1.807) is 24.3 Å². The van der Waals surface area contributed by atoms with Crippen molar-refractivity contribution in [2.24, 2.45) is 17.3 Å². The maximum Gasteiger partial charge on any atom is 0.296 e. The molecule has 1 aromatic rings. The first kappa shape index (κ1) is 15.0. The molecule has 2 aliphatic rings. The normalized spacial score (nSPS) is 31.7. The van der Waals surface area contributed by atoms with Crippen molar-refractivity contribution < 1.29 is 12.6 Å². The van der Waals surface area contributed by atoms with E-state index in [4.69, 9.17) is 4.18 Å². The summed E-state index contributed by atoms with van der Waals surface area (Å²) in [7, 11) is -3.59. The Morgan fingerprint density at radius 2 is 1.67 bits per heavy atom. The standard InChI is InChI=1S/C17H24O3S/c1-3-14-8-17(9-14)10-15(11-17)12-20-21(18,19)16-6-4-13(2)5-7-16/h4-7,14-15H,3,8-12H2,1-2H3. The number of rotatable bonds is 5. The van der Waals surface area contributed by atoms with Crippen molar-refractivity contribution in [1.29, 1.82) is 0 Å². The molecule has 0 amide bonds. The molecule has 0 N–H and O–H groups in total. The van der Waals surface area contributed by atoms with E-state index >= 15 is 0 Å². The van der Waals surface area contributed by atoms with Gasteiger partial charge in [-0.3, -0.25) is 4.18 Å². The molecule has 116 valence electrons. The van der Waals surface area contributed by atoms with Crippen LogP contribution in [-0.2, 0) is 14.3 Å². The first-order valence-corrected chi connectivity index (χ1v) is 9.29. The summed E-state index contributed by atoms with van der Waals surface area (Å²) in [4.78, 5) is 0.261. The predicted molar refractivity (Wildman–Crippen MR) is 82.5 cm³/mol. The molecule has 0 heterocycles. The average Bonchev–Trinajstić information content (AvgIpc) is 2.35. The van der Waals surface area contributed by atoms with Gasteiger partial charge in [-0.1, -0.05) is 31.0 Å². The van der Waals surface area contributed by atoms with E-state index in [0.29, 0.717) is 17.9 Å². The van der Waals surface area contributed by atoms with Crippen LogP contribution >= 0.6 is 0 Å². The third kappa shape index (κ3) is 3.02. The second-order valence-corrected chi connectivity index (χ2v) is 8.62. The van der Waals surface area contributed by atoms with Crippen molar-refractivity contribution in [3.63, 3.8) is 0 Å². The maximum atomic E-state index is 12.1. The smallest absolute Gasteiger partial charge is 0.266 e. The van der Waals surface area contributed by atoms with Crippen molar-refractivity contribution in [2.45, 2.75) is 50.8 Å². The maximum absolute atomic E-state index is 12.1. The molecule has 0 atom stereocenters. The van der Waals surface area contributed by atoms with Gasteiger partial charge in [0.25, 0.3) is 10.1 Å². The van der Waals surface area contributed by atoms with Crippen molar-refractivity contribution in [2.75, 3.05) is 6.61 Å². The molecule has 2 saturated carbocycles. The minimum atomic E-state index is -3.59. The van der Waals surface area contributed by atoms with Gasteiger partial charge in [-0.2, -0.15) is 8.42 Å². The fraction of sp³-hybridized carbons (Fsp3) is 0.647. The lowest BCUT2D eigenvalue weighted by molar-refractivity contribution is -0.0801. The number of aryl methyl sites for hydroxylation is 1. The highest BCUT2D eigenvalue weighted by Crippen LogP contribution is 2.61. The van der Waals surface area contributed by atoms with Crippen molar-refractivity contribution >= 4 is 10.1 Å². The minimum absolute atomic E-state index is 0.261. The van der Waals surface area contributed by atoms with E-state index in [0.717, 1.165) is 24.3 Å². The number of hydrogen-bond acceptors (Lipinski definition) is 3. The van der Waals surface area contributed by atoms with Crippen molar-refractivity contribution in [3.05, 3.63) is 29.8 Å². The molecule has 4 heteroatoms. The zero-order chi connectivity index (χ0) is 15.1. The van der Waals surface area contributed by atoms with Crippen LogP contribution in [-0.4, -0.2) is 15.0 Å². The Morgan fingerprint density at radius 3 is 2.24 bits per heavy atom. The number of benzene rings is 1. The molecule has 0 saturated heterocycles. The Hall–Kier alpha value is -0.870. The molecule has 3 rings (SSSR count). The van der Waals surface area contributed by atoms with E-state index in [1.165, 1.54) is 19.3 Å². The Bertz CT molecular complexity index is 589. The highest BCUT2D eigenvalue weighted by Gasteiger charge is 2.52. The molecule has 2 aliphatic carbocycles. The Labute approximate surface area is 127 Å². The van der Waals surface area contributed by atoms with Crippen LogP contribution in [0, 0.1) is 24.2 Å². The third-order valence-electron chi connectivity index (χ3n) is 5.23. The van der Waals surface area contributed by atoms with Crippen molar-refractivity contribution in [1.82, 2.24) is 0 Å². The molecule has 0 aromatic heterocycles. The monoisotopic (exact) mass is 308 g/mol. The molecule has 0 aliphatic heterocycles. The Balaban J connectivity index is 1.49. The van der Waals surface area contributed by atoms with E-state index in [2.05, 4.69) is 6.92 Å². The van der Waals surface area contributed by atoms with Gasteiger partial charge < -0.3 is 0 Å². The fourth-order valence-electron chi connectivity index (χ4n) is 4.03. The second-order valence-electron chi connectivity index (χ2n) is 7.01. The number of hydrogen-bond donors (Lipinski definition) is 0. The molecule has 0 radical (unpaired) electrons. The average molecular weight is 308 g/mol. The third-order valence-corrected chi connectivity index (χ3v) is 6.53. The van der Waals surface area contributed by atoms with Crippen LogP contribution in [0.15, 0.2) is 29.2 Å².